The minimum atomic E-state index is -2.05. The Kier molecular flexibility index (Phi) is 6.89. The molecule has 0 saturated carbocycles. The molecule has 0 bridgehead atoms. The number of anilines is 3. The van der Waals surface area contributed by atoms with Gasteiger partial charge in [-0.25, -0.2) is 18.3 Å². The summed E-state index contributed by atoms with van der Waals surface area (Å²) in [5.74, 6) is 0.159. The summed E-state index contributed by atoms with van der Waals surface area (Å²) in [4.78, 5) is 10.6. The third-order valence-electron chi connectivity index (χ3n) is 4.44. The summed E-state index contributed by atoms with van der Waals surface area (Å²) in [6.07, 6.45) is 2.83. The molecule has 30 heavy (non-hydrogen) atoms. The van der Waals surface area contributed by atoms with Crippen LogP contribution in [-0.2, 0) is 17.7 Å². The predicted octanol–water partition coefficient (Wildman–Crippen LogP) is 3.11. The third-order valence-corrected chi connectivity index (χ3v) is 4.89. The lowest BCUT2D eigenvalue weighted by molar-refractivity contribution is 0.547. The Balaban J connectivity index is 1.89. The van der Waals surface area contributed by atoms with Gasteiger partial charge in [-0.1, -0.05) is 6.07 Å². The number of nitrogens with one attached hydrogen (secondary N) is 2. The lowest BCUT2D eigenvalue weighted by Gasteiger charge is -2.14. The quantitative estimate of drug-likeness (QED) is 0.373. The number of nitriles is 1. The van der Waals surface area contributed by atoms with Crippen LogP contribution >= 0.6 is 0 Å². The number of aromatic nitrogens is 2. The molecule has 0 aliphatic carbocycles. The zero-order valence-electron chi connectivity index (χ0n) is 16.5. The van der Waals surface area contributed by atoms with Crippen LogP contribution in [0.4, 0.5) is 21.6 Å². The van der Waals surface area contributed by atoms with E-state index in [1.54, 1.807) is 35.4 Å². The first-order valence-electron chi connectivity index (χ1n) is 9.16. The molecular weight excluding hydrogens is 407 g/mol. The SMILES string of the molecule is CN(C)c1cnc2ccc(Nc3cc(CCCNS(=O)O)ccc3F)c(C#N)c2n1. The van der Waals surface area contributed by atoms with Crippen LogP contribution in [0.5, 0.6) is 0 Å². The van der Waals surface area contributed by atoms with Crippen molar-refractivity contribution in [3.8, 4) is 6.07 Å². The molecule has 3 rings (SSSR count). The van der Waals surface area contributed by atoms with E-state index in [-0.39, 0.29) is 11.3 Å². The third kappa shape index (κ3) is 5.07. The Bertz CT molecular complexity index is 1130. The minimum absolute atomic E-state index is 0.235. The van der Waals surface area contributed by atoms with Gasteiger partial charge in [0.05, 0.1) is 23.1 Å². The van der Waals surface area contributed by atoms with Crippen molar-refractivity contribution in [3.63, 3.8) is 0 Å². The van der Waals surface area contributed by atoms with Crippen LogP contribution in [0.25, 0.3) is 11.0 Å². The van der Waals surface area contributed by atoms with Gasteiger partial charge in [0, 0.05) is 20.6 Å². The summed E-state index contributed by atoms with van der Waals surface area (Å²) in [6, 6.07) is 10.2. The lowest BCUT2D eigenvalue weighted by Crippen LogP contribution is -2.17. The Morgan fingerprint density at radius 2 is 2.07 bits per heavy atom. The van der Waals surface area contributed by atoms with Crippen LogP contribution in [0.2, 0.25) is 0 Å². The average molecular weight is 428 g/mol. The second kappa shape index (κ2) is 9.58. The van der Waals surface area contributed by atoms with Crippen molar-refractivity contribution < 1.29 is 13.2 Å². The van der Waals surface area contributed by atoms with Crippen LogP contribution in [0, 0.1) is 17.1 Å². The number of halogens is 1. The summed E-state index contributed by atoms with van der Waals surface area (Å²) < 4.78 is 36.2. The second-order valence-corrected chi connectivity index (χ2v) is 7.56. The van der Waals surface area contributed by atoms with Crippen molar-refractivity contribution in [3.05, 3.63) is 53.5 Å². The van der Waals surface area contributed by atoms with Crippen LogP contribution < -0.4 is 14.9 Å². The molecule has 0 aliphatic rings. The van der Waals surface area contributed by atoms with E-state index >= 15 is 0 Å². The predicted molar refractivity (Wildman–Crippen MR) is 115 cm³/mol. The number of hydrogen-bond acceptors (Lipinski definition) is 6. The van der Waals surface area contributed by atoms with Crippen molar-refractivity contribution in [2.45, 2.75) is 12.8 Å². The molecule has 1 aromatic heterocycles. The van der Waals surface area contributed by atoms with Crippen molar-refractivity contribution in [1.82, 2.24) is 14.7 Å². The van der Waals surface area contributed by atoms with E-state index in [1.165, 1.54) is 6.07 Å². The molecule has 0 radical (unpaired) electrons. The highest BCUT2D eigenvalue weighted by molar-refractivity contribution is 7.77. The molecule has 0 spiro atoms. The monoisotopic (exact) mass is 428 g/mol. The van der Waals surface area contributed by atoms with Gasteiger partial charge >= 0.3 is 0 Å². The van der Waals surface area contributed by atoms with Gasteiger partial charge < -0.3 is 10.2 Å². The fraction of sp³-hybridized carbons (Fsp3) is 0.250. The highest BCUT2D eigenvalue weighted by Crippen LogP contribution is 2.29. The van der Waals surface area contributed by atoms with Crippen LogP contribution in [-0.4, -0.2) is 39.4 Å². The normalized spacial score (nSPS) is 11.8. The first kappa shape index (κ1) is 21.6. The highest BCUT2D eigenvalue weighted by atomic mass is 32.2. The zero-order valence-corrected chi connectivity index (χ0v) is 17.3. The van der Waals surface area contributed by atoms with Gasteiger partial charge in [-0.2, -0.15) is 5.26 Å². The van der Waals surface area contributed by atoms with Crippen molar-refractivity contribution in [1.29, 1.82) is 5.26 Å². The van der Waals surface area contributed by atoms with Crippen LogP contribution in [0.15, 0.2) is 36.5 Å². The van der Waals surface area contributed by atoms with Crippen molar-refractivity contribution in [2.24, 2.45) is 0 Å². The molecule has 3 N–H and O–H groups in total. The van der Waals surface area contributed by atoms with E-state index in [4.69, 9.17) is 4.55 Å². The van der Waals surface area contributed by atoms with E-state index in [2.05, 4.69) is 26.1 Å². The number of aryl methyl sites for hydroxylation is 1. The molecule has 3 aromatic rings. The molecular formula is C20H21FN6O2S. The molecule has 0 aliphatic heterocycles. The standard InChI is InChI=1S/C20H21FN6O2S/c1-27(2)19-12-23-17-8-7-16(14(11-22)20(17)26-19)25-18-10-13(5-6-15(18)21)4-3-9-24-30(28)29/h5-8,10,12,24-25H,3-4,9H2,1-2H3,(H,28,29). The maximum absolute atomic E-state index is 14.4. The molecule has 0 amide bonds. The molecule has 1 atom stereocenters. The molecule has 0 saturated heterocycles. The number of hydrogen-bond donors (Lipinski definition) is 3. The average Bonchev–Trinajstić information content (AvgIpc) is 2.72. The van der Waals surface area contributed by atoms with Gasteiger partial charge in [-0.05, 0) is 42.7 Å². The van der Waals surface area contributed by atoms with E-state index in [9.17, 15) is 13.9 Å². The van der Waals surface area contributed by atoms with Gasteiger partial charge in [-0.15, -0.1) is 0 Å². The summed E-state index contributed by atoms with van der Waals surface area (Å²) in [7, 11) is 3.66. The number of nitrogens with zero attached hydrogens (tertiary/aromatic N) is 4. The summed E-state index contributed by atoms with van der Waals surface area (Å²) in [6.45, 7) is 0.360. The highest BCUT2D eigenvalue weighted by Gasteiger charge is 2.13. The Labute approximate surface area is 176 Å². The minimum Gasteiger partial charge on any atom is -0.361 e. The summed E-state index contributed by atoms with van der Waals surface area (Å²) >= 11 is -2.05. The van der Waals surface area contributed by atoms with Gasteiger partial charge in [0.2, 0.25) is 11.3 Å². The number of rotatable bonds is 8. The summed E-state index contributed by atoms with van der Waals surface area (Å²) in [5.41, 5.74) is 2.82. The molecule has 8 nitrogen and oxygen atoms in total. The van der Waals surface area contributed by atoms with E-state index < -0.39 is 17.1 Å². The van der Waals surface area contributed by atoms with E-state index in [0.717, 1.165) is 5.56 Å². The van der Waals surface area contributed by atoms with Crippen molar-refractivity contribution in [2.75, 3.05) is 30.9 Å². The Morgan fingerprint density at radius 1 is 1.27 bits per heavy atom. The zero-order chi connectivity index (χ0) is 21.7. The van der Waals surface area contributed by atoms with Gasteiger partial charge in [-0.3, -0.25) is 9.54 Å². The lowest BCUT2D eigenvalue weighted by atomic mass is 10.1. The van der Waals surface area contributed by atoms with Crippen LogP contribution in [0.3, 0.4) is 0 Å². The number of benzene rings is 2. The first-order chi connectivity index (χ1) is 14.4. The molecule has 156 valence electrons. The molecule has 10 heteroatoms. The van der Waals surface area contributed by atoms with E-state index in [1.807, 2.05) is 14.1 Å². The topological polar surface area (TPSA) is 114 Å². The largest absolute Gasteiger partial charge is 0.361 e. The van der Waals surface area contributed by atoms with Gasteiger partial charge in [0.25, 0.3) is 0 Å². The van der Waals surface area contributed by atoms with E-state index in [0.29, 0.717) is 41.9 Å². The molecule has 0 fully saturated rings. The first-order valence-corrected chi connectivity index (χ1v) is 10.3. The molecule has 2 aromatic carbocycles. The Morgan fingerprint density at radius 3 is 2.77 bits per heavy atom. The molecule has 1 unspecified atom stereocenters. The van der Waals surface area contributed by atoms with Crippen molar-refractivity contribution >= 4 is 39.5 Å². The Hall–Kier alpha value is -3.13. The molecule has 1 heterocycles. The fourth-order valence-corrected chi connectivity index (χ4v) is 3.24. The van der Waals surface area contributed by atoms with Gasteiger partial charge in [0.15, 0.2) is 0 Å². The van der Waals surface area contributed by atoms with Crippen LogP contribution in [0.1, 0.15) is 17.5 Å². The second-order valence-electron chi connectivity index (χ2n) is 6.78. The fourth-order valence-electron chi connectivity index (χ4n) is 2.92. The smallest absolute Gasteiger partial charge is 0.231 e. The summed E-state index contributed by atoms with van der Waals surface area (Å²) in [5, 5.41) is 12.7. The maximum Gasteiger partial charge on any atom is 0.231 e. The number of fused-ring (bicyclic) bond motifs is 1. The maximum atomic E-state index is 14.4. The van der Waals surface area contributed by atoms with Gasteiger partial charge in [0.1, 0.15) is 28.8 Å².